The van der Waals surface area contributed by atoms with Crippen LogP contribution in [0.1, 0.15) is 22.2 Å². The third kappa shape index (κ3) is 3.63. The van der Waals surface area contributed by atoms with E-state index in [1.165, 1.54) is 6.33 Å². The number of morpholine rings is 1. The molecule has 1 amide bonds. The van der Waals surface area contributed by atoms with Crippen LogP contribution in [0.5, 0.6) is 0 Å². The van der Waals surface area contributed by atoms with E-state index in [1.807, 2.05) is 36.4 Å². The second kappa shape index (κ2) is 7.51. The first-order valence-corrected chi connectivity index (χ1v) is 8.70. The summed E-state index contributed by atoms with van der Waals surface area (Å²) in [5.41, 5.74) is 8.91. The fourth-order valence-electron chi connectivity index (χ4n) is 3.20. The number of pyridine rings is 1. The van der Waals surface area contributed by atoms with Crippen LogP contribution in [-0.2, 0) is 4.74 Å². The summed E-state index contributed by atoms with van der Waals surface area (Å²) in [6.07, 6.45) is 4.54. The van der Waals surface area contributed by atoms with Crippen LogP contribution in [0.2, 0.25) is 0 Å². The predicted molar refractivity (Wildman–Crippen MR) is 101 cm³/mol. The van der Waals surface area contributed by atoms with Crippen LogP contribution in [0.25, 0.3) is 11.1 Å². The number of nitrogens with two attached hydrogens (primary N) is 1. The number of anilines is 1. The van der Waals surface area contributed by atoms with E-state index in [9.17, 15) is 4.79 Å². The molecule has 1 atom stereocenters. The van der Waals surface area contributed by atoms with Gasteiger partial charge >= 0.3 is 0 Å². The summed E-state index contributed by atoms with van der Waals surface area (Å²) in [5.74, 6) is 0.417. The van der Waals surface area contributed by atoms with Gasteiger partial charge in [-0.25, -0.2) is 15.0 Å². The molecule has 1 aliphatic heterocycles. The molecule has 27 heavy (non-hydrogen) atoms. The molecule has 2 N–H and O–H groups in total. The van der Waals surface area contributed by atoms with Crippen LogP contribution >= 0.6 is 0 Å². The number of benzene rings is 1. The standard InChI is InChI=1S/C20H19N5O2/c21-18-10-15(6-7-23-18)16-11-22-13-24-19(16)17-12-25(8-9-27-17)20(26)14-4-2-1-3-5-14/h1-7,10-11,13,17H,8-9,12H2,(H2,21,23)/t17-/m1/s1. The number of hydrogen-bond donors (Lipinski definition) is 1. The summed E-state index contributed by atoms with van der Waals surface area (Å²) in [6.45, 7) is 1.43. The van der Waals surface area contributed by atoms with E-state index >= 15 is 0 Å². The Morgan fingerprint density at radius 1 is 1.19 bits per heavy atom. The molecule has 0 bridgehead atoms. The molecule has 136 valence electrons. The Kier molecular flexibility index (Phi) is 4.76. The lowest BCUT2D eigenvalue weighted by Crippen LogP contribution is -2.42. The summed E-state index contributed by atoms with van der Waals surface area (Å²) in [4.78, 5) is 27.2. The number of hydrogen-bond acceptors (Lipinski definition) is 6. The number of nitrogens with zero attached hydrogens (tertiary/aromatic N) is 4. The predicted octanol–water partition coefficient (Wildman–Crippen LogP) is 2.33. The number of ether oxygens (including phenoxy) is 1. The zero-order valence-electron chi connectivity index (χ0n) is 14.7. The number of carbonyl (C=O) groups is 1. The average molecular weight is 361 g/mol. The van der Waals surface area contributed by atoms with E-state index in [-0.39, 0.29) is 12.0 Å². The summed E-state index contributed by atoms with van der Waals surface area (Å²) in [7, 11) is 0. The summed E-state index contributed by atoms with van der Waals surface area (Å²) >= 11 is 0. The molecule has 7 heteroatoms. The van der Waals surface area contributed by atoms with Crippen LogP contribution in [0.4, 0.5) is 5.82 Å². The van der Waals surface area contributed by atoms with E-state index in [4.69, 9.17) is 10.5 Å². The van der Waals surface area contributed by atoms with Gasteiger partial charge in [0.2, 0.25) is 0 Å². The third-order valence-electron chi connectivity index (χ3n) is 4.51. The van der Waals surface area contributed by atoms with Gasteiger partial charge in [-0.15, -0.1) is 0 Å². The minimum Gasteiger partial charge on any atom is -0.384 e. The lowest BCUT2D eigenvalue weighted by Gasteiger charge is -2.33. The lowest BCUT2D eigenvalue weighted by molar-refractivity contribution is -0.0245. The molecular weight excluding hydrogens is 342 g/mol. The Morgan fingerprint density at radius 2 is 2.04 bits per heavy atom. The van der Waals surface area contributed by atoms with Gasteiger partial charge in [0, 0.05) is 30.1 Å². The molecule has 3 aromatic rings. The summed E-state index contributed by atoms with van der Waals surface area (Å²) < 4.78 is 5.94. The first-order valence-electron chi connectivity index (χ1n) is 8.70. The van der Waals surface area contributed by atoms with Crippen molar-refractivity contribution in [3.63, 3.8) is 0 Å². The van der Waals surface area contributed by atoms with Gasteiger partial charge in [-0.05, 0) is 29.8 Å². The number of carbonyl (C=O) groups excluding carboxylic acids is 1. The second-order valence-electron chi connectivity index (χ2n) is 6.27. The Balaban J connectivity index is 1.62. The maximum absolute atomic E-state index is 12.8. The third-order valence-corrected chi connectivity index (χ3v) is 4.51. The molecule has 1 fully saturated rings. The Morgan fingerprint density at radius 3 is 2.85 bits per heavy atom. The highest BCUT2D eigenvalue weighted by Crippen LogP contribution is 2.30. The first-order chi connectivity index (χ1) is 13.2. The van der Waals surface area contributed by atoms with Crippen molar-refractivity contribution in [2.45, 2.75) is 6.10 Å². The van der Waals surface area contributed by atoms with E-state index < -0.39 is 0 Å². The number of amides is 1. The van der Waals surface area contributed by atoms with Gasteiger partial charge in [0.05, 0.1) is 18.8 Å². The van der Waals surface area contributed by atoms with E-state index in [1.54, 1.807) is 23.4 Å². The lowest BCUT2D eigenvalue weighted by atomic mass is 10.0. The molecule has 1 aromatic carbocycles. The molecule has 0 unspecified atom stereocenters. The molecule has 4 rings (SSSR count). The van der Waals surface area contributed by atoms with Gasteiger partial charge in [-0.1, -0.05) is 18.2 Å². The highest BCUT2D eigenvalue weighted by Gasteiger charge is 2.28. The van der Waals surface area contributed by atoms with Gasteiger partial charge < -0.3 is 15.4 Å². The molecule has 0 saturated carbocycles. The molecule has 1 saturated heterocycles. The number of nitrogen functional groups attached to an aromatic ring is 1. The molecule has 7 nitrogen and oxygen atoms in total. The first kappa shape index (κ1) is 17.1. The average Bonchev–Trinajstić information content (AvgIpc) is 2.74. The van der Waals surface area contributed by atoms with Crippen molar-refractivity contribution >= 4 is 11.7 Å². The van der Waals surface area contributed by atoms with Crippen LogP contribution < -0.4 is 5.73 Å². The largest absolute Gasteiger partial charge is 0.384 e. The molecule has 0 spiro atoms. The molecule has 1 aliphatic rings. The quantitative estimate of drug-likeness (QED) is 0.769. The molecule has 0 radical (unpaired) electrons. The van der Waals surface area contributed by atoms with Crippen LogP contribution in [0, 0.1) is 0 Å². The van der Waals surface area contributed by atoms with Gasteiger partial charge in [-0.3, -0.25) is 4.79 Å². The maximum atomic E-state index is 12.8. The summed E-state index contributed by atoms with van der Waals surface area (Å²) in [5, 5.41) is 0. The minimum atomic E-state index is -0.334. The van der Waals surface area contributed by atoms with Crippen molar-refractivity contribution in [1.29, 1.82) is 0 Å². The number of aromatic nitrogens is 3. The zero-order valence-corrected chi connectivity index (χ0v) is 14.7. The molecule has 2 aromatic heterocycles. The Bertz CT molecular complexity index is 948. The molecular formula is C20H19N5O2. The highest BCUT2D eigenvalue weighted by molar-refractivity contribution is 5.94. The van der Waals surface area contributed by atoms with Crippen LogP contribution in [0.3, 0.4) is 0 Å². The Labute approximate surface area is 156 Å². The van der Waals surface area contributed by atoms with Crippen LogP contribution in [-0.4, -0.2) is 45.5 Å². The minimum absolute atomic E-state index is 0.00679. The van der Waals surface area contributed by atoms with Gasteiger partial charge in [0.15, 0.2) is 0 Å². The monoisotopic (exact) mass is 361 g/mol. The van der Waals surface area contributed by atoms with Gasteiger partial charge in [0.25, 0.3) is 5.91 Å². The second-order valence-corrected chi connectivity index (χ2v) is 6.27. The van der Waals surface area contributed by atoms with Crippen LogP contribution in [0.15, 0.2) is 61.2 Å². The van der Waals surface area contributed by atoms with E-state index in [0.717, 1.165) is 16.8 Å². The topological polar surface area (TPSA) is 94.2 Å². The fourth-order valence-corrected chi connectivity index (χ4v) is 3.20. The van der Waals surface area contributed by atoms with Crippen molar-refractivity contribution < 1.29 is 9.53 Å². The van der Waals surface area contributed by atoms with E-state index in [0.29, 0.717) is 31.1 Å². The smallest absolute Gasteiger partial charge is 0.254 e. The zero-order chi connectivity index (χ0) is 18.6. The highest BCUT2D eigenvalue weighted by atomic mass is 16.5. The normalized spacial score (nSPS) is 16.9. The van der Waals surface area contributed by atoms with Gasteiger partial charge in [0.1, 0.15) is 18.2 Å². The summed E-state index contributed by atoms with van der Waals surface area (Å²) in [6, 6.07) is 12.9. The molecule has 0 aliphatic carbocycles. The van der Waals surface area contributed by atoms with Crippen molar-refractivity contribution in [2.24, 2.45) is 0 Å². The van der Waals surface area contributed by atoms with E-state index in [2.05, 4.69) is 15.0 Å². The van der Waals surface area contributed by atoms with Gasteiger partial charge in [-0.2, -0.15) is 0 Å². The van der Waals surface area contributed by atoms with Crippen molar-refractivity contribution in [1.82, 2.24) is 19.9 Å². The van der Waals surface area contributed by atoms with Crippen molar-refractivity contribution in [3.8, 4) is 11.1 Å². The number of rotatable bonds is 3. The van der Waals surface area contributed by atoms with Crippen molar-refractivity contribution in [2.75, 3.05) is 25.4 Å². The Hall–Kier alpha value is -3.32. The van der Waals surface area contributed by atoms with Crippen molar-refractivity contribution in [3.05, 3.63) is 72.4 Å². The molecule has 3 heterocycles. The maximum Gasteiger partial charge on any atom is 0.254 e. The fraction of sp³-hybridized carbons (Fsp3) is 0.200. The SMILES string of the molecule is Nc1cc(-c2cncnc2[C@H]2CN(C(=O)c3ccccc3)CCO2)ccn1.